The van der Waals surface area contributed by atoms with Gasteiger partial charge in [0.15, 0.2) is 22.8 Å². The van der Waals surface area contributed by atoms with Crippen molar-refractivity contribution >= 4 is 87.8 Å². The summed E-state index contributed by atoms with van der Waals surface area (Å²) in [5.74, 6) is 2.75. The maximum Gasteiger partial charge on any atom is 0.216 e. The van der Waals surface area contributed by atoms with Crippen molar-refractivity contribution in [3.8, 4) is 114 Å². The molecule has 8 heterocycles. The number of fused-ring (bicyclic) bond motifs is 12. The Morgan fingerprint density at radius 2 is 0.534 bits per heavy atom. The van der Waals surface area contributed by atoms with E-state index in [1.807, 2.05) is 121 Å². The number of aromatic nitrogens is 4. The van der Waals surface area contributed by atoms with Crippen molar-refractivity contribution in [2.45, 2.75) is 216 Å². The number of pyridine rings is 4. The first-order chi connectivity index (χ1) is 71.0. The fraction of sp³-hybridized carbons (Fsp3) is 0.284. The average Bonchev–Trinajstić information content (AvgIpc) is 1.60. The Morgan fingerprint density at radius 3 is 0.856 bits per heavy atom. The minimum absolute atomic E-state index is 0.630. The molecule has 0 aliphatic heterocycles. The maximum atomic E-state index is 9.82. The van der Waals surface area contributed by atoms with Crippen LogP contribution in [-0.4, -0.2) is 0 Å². The van der Waals surface area contributed by atoms with Crippen molar-refractivity contribution in [2.24, 2.45) is 34.1 Å². The van der Waals surface area contributed by atoms with Gasteiger partial charge in [-0.15, -0.1) is 0 Å². The van der Waals surface area contributed by atoms with Crippen molar-refractivity contribution in [1.82, 2.24) is 0 Å². The van der Waals surface area contributed by atoms with Crippen LogP contribution in [-0.2, 0) is 34.6 Å². The molecule has 12 heteroatoms. The number of benzene rings is 12. The minimum atomic E-state index is 0.630. The first-order valence-electron chi connectivity index (χ1n) is 52.8. The molecule has 8 aromatic heterocycles. The van der Waals surface area contributed by atoms with Gasteiger partial charge in [-0.05, 0) is 233 Å². The summed E-state index contributed by atoms with van der Waals surface area (Å²) in [6.45, 7) is 24.5. The molecular formula is C134H128N8O4+4. The second kappa shape index (κ2) is 40.5. The molecule has 0 unspecified atom stereocenters. The monoisotopic (exact) mass is 1910 g/mol. The minimum Gasteiger partial charge on any atom is -0.454 e. The third-order valence-corrected chi connectivity index (χ3v) is 33.6. The van der Waals surface area contributed by atoms with Gasteiger partial charge < -0.3 is 17.7 Å². The molecule has 0 spiro atoms. The Hall–Kier alpha value is -15.6. The standard InChI is InChI=1S/2C34H33N2O.2C33H31N2O/c1-21-15-16-27-30-18-24(20-35)17-29(26-13-9-6-10-14-26)33(30)37-34(27)32(21)31-19-28(22(2)23(3)36(31)4)25-11-7-5-8-12-25;1-22-14-16-28-30-20-25(21-35)19-29(26-12-8-5-9-13-26)33(30)37-34(28)32(22)31-17-15-27(23(2)36(31)3)18-24-10-6-4-7-11-24;1-20-14-15-26-29-17-23(19-34)16-28(25-10-6-5-7-11-25)32(29)36-33(26)31(20)30-18-27(24-12-8-9-13-24)21(2)22(3)35(30)4;1-20-14-15-26-28-18-23(19-34)17-27(24-10-6-5-7-11-24)32(28)36-33(26)31(20)29-16-21(2)30(22(3)35(29)4)25-12-8-9-13-25/h6,9-10,13-19,25H,5,7-8,11-12H2,1-4H3;5,8-9,12-17,19-20,24H,4,6-7,10-11,18H2,1-3H3;5-7,10-11,14-18,24H,8-9,12-13H2,1-4H3;5-7,10-11,14-18,25H,8-9,12-13H2,1-4H3/q4*+1. The quantitative estimate of drug-likeness (QED) is 0.103. The molecule has 4 fully saturated rings. The van der Waals surface area contributed by atoms with E-state index >= 15 is 0 Å². The highest BCUT2D eigenvalue weighted by molar-refractivity contribution is 6.18. The molecular weight excluding hydrogens is 1790 g/mol. The lowest BCUT2D eigenvalue weighted by Gasteiger charge is -2.24. The fourth-order valence-electron chi connectivity index (χ4n) is 25.1. The largest absolute Gasteiger partial charge is 0.454 e. The Balaban J connectivity index is 0.000000114. The molecule has 724 valence electrons. The number of hydrogen-bond acceptors (Lipinski definition) is 8. The van der Waals surface area contributed by atoms with E-state index in [4.69, 9.17) is 17.7 Å². The van der Waals surface area contributed by atoms with Crippen LogP contribution in [0.3, 0.4) is 0 Å². The molecule has 20 aromatic rings. The summed E-state index contributed by atoms with van der Waals surface area (Å²) < 4.78 is 36.4. The van der Waals surface area contributed by atoms with Crippen molar-refractivity contribution in [3.05, 3.63) is 355 Å². The Kier molecular flexibility index (Phi) is 26.8. The topological polar surface area (TPSA) is 163 Å². The zero-order chi connectivity index (χ0) is 101. The van der Waals surface area contributed by atoms with Crippen LogP contribution >= 0.6 is 0 Å². The van der Waals surface area contributed by atoms with Crippen LogP contribution in [0.2, 0.25) is 0 Å². The van der Waals surface area contributed by atoms with Gasteiger partial charge in [0.1, 0.15) is 72.9 Å². The third-order valence-electron chi connectivity index (χ3n) is 33.6. The first kappa shape index (κ1) is 96.5. The van der Waals surface area contributed by atoms with Crippen LogP contribution in [0.1, 0.15) is 240 Å². The highest BCUT2D eigenvalue weighted by Crippen LogP contribution is 2.51. The van der Waals surface area contributed by atoms with Crippen LogP contribution in [0, 0.1) is 127 Å². The first-order valence-corrected chi connectivity index (χ1v) is 52.8. The van der Waals surface area contributed by atoms with E-state index in [0.717, 1.165) is 166 Å². The molecule has 12 aromatic carbocycles. The van der Waals surface area contributed by atoms with E-state index in [2.05, 4.69) is 274 Å². The molecule has 0 radical (unpaired) electrons. The van der Waals surface area contributed by atoms with E-state index in [1.54, 1.807) is 0 Å². The summed E-state index contributed by atoms with van der Waals surface area (Å²) in [5.41, 5.74) is 47.0. The molecule has 0 bridgehead atoms. The smallest absolute Gasteiger partial charge is 0.216 e. The van der Waals surface area contributed by atoms with Crippen LogP contribution in [0.15, 0.2) is 266 Å². The van der Waals surface area contributed by atoms with Gasteiger partial charge >= 0.3 is 0 Å². The van der Waals surface area contributed by atoms with Gasteiger partial charge in [-0.1, -0.05) is 247 Å². The van der Waals surface area contributed by atoms with E-state index in [1.165, 1.54) is 223 Å². The van der Waals surface area contributed by atoms with Crippen LogP contribution < -0.4 is 18.3 Å². The number of rotatable bonds is 13. The number of furan rings is 4. The SMILES string of the molecule is Cc1cc(-c2c(C)ccc3c2oc2c(-c4ccccc4)cc(C#N)cc23)[n+](C)c(C)c1C1CCCC1.Cc1ccc2c(oc3c(-c4ccccc4)cc(C#N)cc32)c1-c1cc(C2CCCC2)c(C)c(C)[n+]1C.Cc1ccc2c(oc3c(-c4ccccc4)cc(C#N)cc32)c1-c1cc(C2CCCCC2)c(C)c(C)[n+]1C.Cc1ccc2c(oc3c(-c4ccccc4)cc(C#N)cc32)c1-c1ccc(CC2CCCCC2)c(C)[n+]1C. The van der Waals surface area contributed by atoms with E-state index in [-0.39, 0.29) is 0 Å². The van der Waals surface area contributed by atoms with Gasteiger partial charge in [0, 0.05) is 140 Å². The third kappa shape index (κ3) is 17.7. The molecule has 4 saturated carbocycles. The van der Waals surface area contributed by atoms with Crippen molar-refractivity contribution < 1.29 is 35.9 Å². The Morgan fingerprint density at radius 1 is 0.253 bits per heavy atom. The van der Waals surface area contributed by atoms with E-state index in [9.17, 15) is 21.0 Å². The maximum absolute atomic E-state index is 9.82. The molecule has 12 nitrogen and oxygen atoms in total. The summed E-state index contributed by atoms with van der Waals surface area (Å²) in [4.78, 5) is 0. The summed E-state index contributed by atoms with van der Waals surface area (Å²) in [5, 5.41) is 47.4. The molecule has 24 rings (SSSR count). The Bertz CT molecular complexity index is 8760. The highest BCUT2D eigenvalue weighted by Gasteiger charge is 2.36. The molecule has 146 heavy (non-hydrogen) atoms. The highest BCUT2D eigenvalue weighted by atomic mass is 16.3. The lowest BCUT2D eigenvalue weighted by atomic mass is 9.81. The van der Waals surface area contributed by atoms with Gasteiger partial charge in [-0.25, -0.2) is 0 Å². The van der Waals surface area contributed by atoms with Gasteiger partial charge in [0.05, 0.1) is 68.8 Å². The fourth-order valence-corrected chi connectivity index (χ4v) is 25.1. The number of nitriles is 4. The summed E-state index contributed by atoms with van der Waals surface area (Å²) in [6, 6.07) is 95.1. The average molecular weight is 1910 g/mol. The zero-order valence-electron chi connectivity index (χ0n) is 87.1. The van der Waals surface area contributed by atoms with Gasteiger partial charge in [0.25, 0.3) is 0 Å². The van der Waals surface area contributed by atoms with Gasteiger partial charge in [0.2, 0.25) is 22.8 Å². The van der Waals surface area contributed by atoms with Crippen molar-refractivity contribution in [1.29, 1.82) is 21.0 Å². The molecule has 0 atom stereocenters. The second-order valence-electron chi connectivity index (χ2n) is 42.1. The summed E-state index contributed by atoms with van der Waals surface area (Å²) in [7, 11) is 8.71. The van der Waals surface area contributed by atoms with Gasteiger partial charge in [-0.3, -0.25) is 0 Å². The molecule has 0 N–H and O–H groups in total. The predicted molar refractivity (Wildman–Crippen MR) is 593 cm³/mol. The summed E-state index contributed by atoms with van der Waals surface area (Å²) >= 11 is 0. The molecule has 4 aliphatic carbocycles. The predicted octanol–water partition coefficient (Wildman–Crippen LogP) is 33.3. The zero-order valence-corrected chi connectivity index (χ0v) is 87.1. The number of hydrogen-bond donors (Lipinski definition) is 0. The molecule has 0 saturated heterocycles. The van der Waals surface area contributed by atoms with Crippen LogP contribution in [0.4, 0.5) is 0 Å². The molecule has 0 amide bonds. The van der Waals surface area contributed by atoms with Crippen LogP contribution in [0.5, 0.6) is 0 Å². The lowest BCUT2D eigenvalue weighted by Crippen LogP contribution is -2.37. The lowest BCUT2D eigenvalue weighted by molar-refractivity contribution is -0.667. The summed E-state index contributed by atoms with van der Waals surface area (Å²) in [6.07, 6.45) is 25.0. The van der Waals surface area contributed by atoms with Gasteiger partial charge in [-0.2, -0.15) is 39.3 Å². The number of aryl methyl sites for hydroxylation is 5. The van der Waals surface area contributed by atoms with Crippen LogP contribution in [0.25, 0.3) is 177 Å². The van der Waals surface area contributed by atoms with E-state index < -0.39 is 0 Å². The Labute approximate surface area is 857 Å². The van der Waals surface area contributed by atoms with Crippen molar-refractivity contribution in [3.63, 3.8) is 0 Å². The number of nitrogens with zero attached hydrogens (tertiary/aromatic N) is 8. The second-order valence-corrected chi connectivity index (χ2v) is 42.1. The normalized spacial score (nSPS) is 14.2. The van der Waals surface area contributed by atoms with Crippen molar-refractivity contribution in [2.75, 3.05) is 0 Å². The van der Waals surface area contributed by atoms with E-state index in [0.29, 0.717) is 40.0 Å². The molecule has 4 aliphatic rings.